The van der Waals surface area contributed by atoms with Crippen molar-refractivity contribution in [3.8, 4) is 11.3 Å². The predicted molar refractivity (Wildman–Crippen MR) is 124 cm³/mol. The lowest BCUT2D eigenvalue weighted by Crippen LogP contribution is -2.30. The average Bonchev–Trinajstić information content (AvgIpc) is 3.45. The molecule has 0 fully saturated rings. The molecule has 31 heavy (non-hydrogen) atoms. The SMILES string of the molecule is O=C(c1cc(-c2ccccc2)on1)N(Cc1cccnc1)c1nc2ccc(Br)cc2s1. The first kappa shape index (κ1) is 19.6. The third kappa shape index (κ3) is 4.12. The number of halogens is 1. The molecule has 152 valence electrons. The number of carbonyl (C=O) groups excluding carboxylic acids is 1. The lowest BCUT2D eigenvalue weighted by molar-refractivity contribution is 0.0976. The Morgan fingerprint density at radius 3 is 2.74 bits per heavy atom. The summed E-state index contributed by atoms with van der Waals surface area (Å²) in [6.45, 7) is 0.321. The van der Waals surface area contributed by atoms with Gasteiger partial charge in [-0.15, -0.1) is 0 Å². The zero-order valence-corrected chi connectivity index (χ0v) is 18.5. The van der Waals surface area contributed by atoms with E-state index in [9.17, 15) is 4.79 Å². The molecule has 8 heteroatoms. The first-order valence-corrected chi connectivity index (χ1v) is 11.1. The van der Waals surface area contributed by atoms with Gasteiger partial charge in [0.2, 0.25) is 0 Å². The second-order valence-corrected chi connectivity index (χ2v) is 8.73. The van der Waals surface area contributed by atoms with Gasteiger partial charge in [-0.05, 0) is 29.8 Å². The highest BCUT2D eigenvalue weighted by Crippen LogP contribution is 2.33. The maximum atomic E-state index is 13.5. The number of hydrogen-bond donors (Lipinski definition) is 0. The van der Waals surface area contributed by atoms with Crippen molar-refractivity contribution in [2.75, 3.05) is 4.90 Å². The molecule has 1 amide bonds. The minimum absolute atomic E-state index is 0.225. The largest absolute Gasteiger partial charge is 0.355 e. The predicted octanol–water partition coefficient (Wildman–Crippen LogP) is 5.96. The van der Waals surface area contributed by atoms with E-state index < -0.39 is 0 Å². The summed E-state index contributed by atoms with van der Waals surface area (Å²) in [5.41, 5.74) is 2.81. The molecule has 5 aromatic rings. The zero-order chi connectivity index (χ0) is 21.2. The lowest BCUT2D eigenvalue weighted by atomic mass is 10.1. The van der Waals surface area contributed by atoms with Crippen molar-refractivity contribution < 1.29 is 9.32 Å². The summed E-state index contributed by atoms with van der Waals surface area (Å²) in [6, 6.07) is 20.9. The van der Waals surface area contributed by atoms with Gasteiger partial charge in [-0.1, -0.05) is 68.8 Å². The van der Waals surface area contributed by atoms with Gasteiger partial charge in [0, 0.05) is 28.5 Å². The van der Waals surface area contributed by atoms with Gasteiger partial charge < -0.3 is 4.52 Å². The Bertz CT molecular complexity index is 1350. The van der Waals surface area contributed by atoms with Crippen LogP contribution >= 0.6 is 27.3 Å². The number of benzene rings is 2. The van der Waals surface area contributed by atoms with Crippen LogP contribution in [0.5, 0.6) is 0 Å². The molecule has 0 N–H and O–H groups in total. The van der Waals surface area contributed by atoms with Crippen molar-refractivity contribution in [2.24, 2.45) is 0 Å². The summed E-state index contributed by atoms with van der Waals surface area (Å²) < 4.78 is 7.40. The number of carbonyl (C=O) groups is 1. The molecule has 0 bridgehead atoms. The summed E-state index contributed by atoms with van der Waals surface area (Å²) in [5.74, 6) is 0.256. The fourth-order valence-electron chi connectivity index (χ4n) is 3.16. The van der Waals surface area contributed by atoms with Gasteiger partial charge in [0.25, 0.3) is 5.91 Å². The summed E-state index contributed by atoms with van der Waals surface area (Å²) in [6.07, 6.45) is 3.44. The second kappa shape index (κ2) is 8.41. The fourth-order valence-corrected chi connectivity index (χ4v) is 4.67. The normalized spacial score (nSPS) is 11.0. The van der Waals surface area contributed by atoms with Crippen LogP contribution in [0.3, 0.4) is 0 Å². The summed E-state index contributed by atoms with van der Waals surface area (Å²) in [4.78, 5) is 23.9. The Hall–Kier alpha value is -3.36. The molecular weight excluding hydrogens is 476 g/mol. The molecule has 2 aromatic carbocycles. The van der Waals surface area contributed by atoms with E-state index in [1.807, 2.05) is 60.7 Å². The third-order valence-electron chi connectivity index (χ3n) is 4.67. The van der Waals surface area contributed by atoms with Crippen LogP contribution in [0.25, 0.3) is 21.5 Å². The van der Waals surface area contributed by atoms with Crippen LogP contribution in [0.2, 0.25) is 0 Å². The van der Waals surface area contributed by atoms with E-state index in [2.05, 4.69) is 31.1 Å². The molecule has 0 saturated heterocycles. The average molecular weight is 491 g/mol. The van der Waals surface area contributed by atoms with Crippen LogP contribution in [-0.2, 0) is 6.54 Å². The number of aromatic nitrogens is 3. The number of thiazole rings is 1. The van der Waals surface area contributed by atoms with Crippen LogP contribution in [0.1, 0.15) is 16.1 Å². The Morgan fingerprint density at radius 1 is 1.06 bits per heavy atom. The summed E-state index contributed by atoms with van der Waals surface area (Å²) >= 11 is 4.94. The van der Waals surface area contributed by atoms with Gasteiger partial charge in [0.15, 0.2) is 16.6 Å². The highest BCUT2D eigenvalue weighted by molar-refractivity contribution is 9.10. The van der Waals surface area contributed by atoms with Gasteiger partial charge >= 0.3 is 0 Å². The van der Waals surface area contributed by atoms with E-state index in [0.29, 0.717) is 17.4 Å². The fraction of sp³-hybridized carbons (Fsp3) is 0.0435. The molecule has 3 heterocycles. The molecule has 5 rings (SSSR count). The smallest absolute Gasteiger partial charge is 0.282 e. The van der Waals surface area contributed by atoms with Crippen molar-refractivity contribution >= 4 is 48.5 Å². The third-order valence-corrected chi connectivity index (χ3v) is 6.20. The van der Waals surface area contributed by atoms with Crippen LogP contribution in [0.4, 0.5) is 5.13 Å². The number of fused-ring (bicyclic) bond motifs is 1. The number of rotatable bonds is 5. The molecule has 0 atom stereocenters. The Morgan fingerprint density at radius 2 is 1.94 bits per heavy atom. The van der Waals surface area contributed by atoms with Crippen molar-refractivity contribution in [3.63, 3.8) is 0 Å². The molecule has 0 aliphatic heterocycles. The highest BCUT2D eigenvalue weighted by atomic mass is 79.9. The van der Waals surface area contributed by atoms with Crippen molar-refractivity contribution in [2.45, 2.75) is 6.54 Å². The van der Waals surface area contributed by atoms with E-state index in [0.717, 1.165) is 25.8 Å². The summed E-state index contributed by atoms with van der Waals surface area (Å²) in [7, 11) is 0. The van der Waals surface area contributed by atoms with Crippen LogP contribution in [-0.4, -0.2) is 21.0 Å². The maximum Gasteiger partial charge on any atom is 0.282 e. The topological polar surface area (TPSA) is 72.1 Å². The van der Waals surface area contributed by atoms with Gasteiger partial charge in [0.05, 0.1) is 16.8 Å². The van der Waals surface area contributed by atoms with Crippen LogP contribution < -0.4 is 4.90 Å². The first-order valence-electron chi connectivity index (χ1n) is 9.46. The monoisotopic (exact) mass is 490 g/mol. The lowest BCUT2D eigenvalue weighted by Gasteiger charge is -2.18. The van der Waals surface area contributed by atoms with Crippen molar-refractivity contribution in [1.29, 1.82) is 0 Å². The van der Waals surface area contributed by atoms with E-state index in [4.69, 9.17) is 4.52 Å². The highest BCUT2D eigenvalue weighted by Gasteiger charge is 2.25. The number of pyridine rings is 1. The quantitative estimate of drug-likeness (QED) is 0.304. The molecule has 0 radical (unpaired) electrons. The van der Waals surface area contributed by atoms with E-state index in [1.54, 1.807) is 23.4 Å². The first-order chi connectivity index (χ1) is 15.2. The minimum Gasteiger partial charge on any atom is -0.355 e. The number of amides is 1. The second-order valence-electron chi connectivity index (χ2n) is 6.80. The van der Waals surface area contributed by atoms with Crippen molar-refractivity contribution in [3.05, 3.63) is 94.9 Å². The molecule has 0 unspecified atom stereocenters. The number of anilines is 1. The van der Waals surface area contributed by atoms with Crippen LogP contribution in [0, 0.1) is 0 Å². The molecule has 0 aliphatic rings. The van der Waals surface area contributed by atoms with Crippen LogP contribution in [0.15, 0.2) is 88.1 Å². The molecular formula is C23H15BrN4O2S. The zero-order valence-electron chi connectivity index (χ0n) is 16.1. The maximum absolute atomic E-state index is 13.5. The molecule has 0 spiro atoms. The number of hydrogen-bond acceptors (Lipinski definition) is 6. The van der Waals surface area contributed by atoms with Gasteiger partial charge in [-0.3, -0.25) is 14.7 Å². The van der Waals surface area contributed by atoms with Gasteiger partial charge in [0.1, 0.15) is 0 Å². The minimum atomic E-state index is -0.284. The van der Waals surface area contributed by atoms with Gasteiger partial charge in [-0.25, -0.2) is 4.98 Å². The Labute approximate surface area is 190 Å². The molecule has 6 nitrogen and oxygen atoms in total. The van der Waals surface area contributed by atoms with Gasteiger partial charge in [-0.2, -0.15) is 0 Å². The Balaban J connectivity index is 1.53. The standard InChI is InChI=1S/C23H15BrN4O2S/c24-17-8-9-18-21(11-17)31-23(26-18)28(14-15-5-4-10-25-13-15)22(29)19-12-20(30-27-19)16-6-2-1-3-7-16/h1-13H,14H2. The van der Waals surface area contributed by atoms with E-state index in [-0.39, 0.29) is 11.6 Å². The van der Waals surface area contributed by atoms with E-state index in [1.165, 1.54) is 11.3 Å². The Kier molecular flexibility index (Phi) is 5.31. The molecule has 0 saturated carbocycles. The summed E-state index contributed by atoms with van der Waals surface area (Å²) in [5, 5.41) is 4.63. The molecule has 3 aromatic heterocycles. The molecule has 0 aliphatic carbocycles. The van der Waals surface area contributed by atoms with E-state index >= 15 is 0 Å². The number of nitrogens with zero attached hydrogens (tertiary/aromatic N) is 4. The van der Waals surface area contributed by atoms with Crippen molar-refractivity contribution in [1.82, 2.24) is 15.1 Å².